The van der Waals surface area contributed by atoms with Gasteiger partial charge >= 0.3 is 0 Å². The average molecular weight is 297 g/mol. The summed E-state index contributed by atoms with van der Waals surface area (Å²) in [5, 5.41) is 3.01. The molecule has 0 aromatic heterocycles. The van der Waals surface area contributed by atoms with Crippen LogP contribution in [0.2, 0.25) is 0 Å². The molecule has 22 heavy (non-hydrogen) atoms. The third-order valence-corrected chi connectivity index (χ3v) is 4.67. The van der Waals surface area contributed by atoms with Crippen LogP contribution >= 0.6 is 0 Å². The summed E-state index contributed by atoms with van der Waals surface area (Å²) in [5.41, 5.74) is 1.60. The summed E-state index contributed by atoms with van der Waals surface area (Å²) in [6.07, 6.45) is 3.31. The number of amides is 1. The molecule has 3 heteroatoms. The van der Waals surface area contributed by atoms with E-state index >= 15 is 0 Å². The third kappa shape index (κ3) is 2.52. The molecule has 0 spiro atoms. The monoisotopic (exact) mass is 297 g/mol. The maximum atomic E-state index is 14.3. The molecule has 2 aromatic rings. The van der Waals surface area contributed by atoms with E-state index in [2.05, 4.69) is 5.32 Å². The second-order valence-electron chi connectivity index (χ2n) is 6.04. The van der Waals surface area contributed by atoms with Crippen molar-refractivity contribution in [3.05, 3.63) is 65.5 Å². The number of anilines is 1. The third-order valence-electron chi connectivity index (χ3n) is 4.67. The summed E-state index contributed by atoms with van der Waals surface area (Å²) in [6, 6.07) is 14.3. The molecule has 0 saturated heterocycles. The summed E-state index contributed by atoms with van der Waals surface area (Å²) >= 11 is 0. The molecule has 0 bridgehead atoms. The van der Waals surface area contributed by atoms with Crippen LogP contribution in [0.3, 0.4) is 0 Å². The largest absolute Gasteiger partial charge is 0.325 e. The van der Waals surface area contributed by atoms with Crippen LogP contribution in [-0.2, 0) is 10.2 Å². The Kier molecular flexibility index (Phi) is 3.97. The van der Waals surface area contributed by atoms with Gasteiger partial charge in [0.1, 0.15) is 5.82 Å². The molecule has 0 aliphatic heterocycles. The van der Waals surface area contributed by atoms with E-state index in [9.17, 15) is 9.18 Å². The van der Waals surface area contributed by atoms with Crippen molar-refractivity contribution in [3.63, 3.8) is 0 Å². The molecule has 1 aliphatic rings. The van der Waals surface area contributed by atoms with Crippen molar-refractivity contribution in [2.45, 2.75) is 38.0 Å². The first-order chi connectivity index (χ1) is 10.6. The van der Waals surface area contributed by atoms with Crippen molar-refractivity contribution in [1.29, 1.82) is 0 Å². The van der Waals surface area contributed by atoms with Gasteiger partial charge < -0.3 is 5.32 Å². The lowest BCUT2D eigenvalue weighted by Gasteiger charge is -2.29. The van der Waals surface area contributed by atoms with Crippen LogP contribution in [0.25, 0.3) is 0 Å². The Labute approximate surface area is 130 Å². The molecular formula is C19H20FNO. The number of rotatable bonds is 3. The number of halogens is 1. The van der Waals surface area contributed by atoms with E-state index in [0.717, 1.165) is 24.1 Å². The summed E-state index contributed by atoms with van der Waals surface area (Å²) in [5.74, 6) is -0.381. The molecule has 2 nitrogen and oxygen atoms in total. The predicted molar refractivity (Wildman–Crippen MR) is 86.4 cm³/mol. The van der Waals surface area contributed by atoms with Gasteiger partial charge in [-0.15, -0.1) is 0 Å². The van der Waals surface area contributed by atoms with Crippen LogP contribution in [0, 0.1) is 12.7 Å². The van der Waals surface area contributed by atoms with Crippen LogP contribution in [0.4, 0.5) is 10.1 Å². The van der Waals surface area contributed by atoms with Crippen molar-refractivity contribution in [1.82, 2.24) is 0 Å². The number of benzene rings is 2. The minimum atomic E-state index is -0.742. The zero-order chi connectivity index (χ0) is 15.6. The second kappa shape index (κ2) is 5.91. The molecule has 3 rings (SSSR count). The zero-order valence-corrected chi connectivity index (χ0v) is 12.7. The molecule has 0 heterocycles. The van der Waals surface area contributed by atoms with Gasteiger partial charge in [0.05, 0.1) is 5.41 Å². The molecule has 1 fully saturated rings. The lowest BCUT2D eigenvalue weighted by molar-refractivity contribution is -0.121. The Morgan fingerprint density at radius 2 is 1.68 bits per heavy atom. The maximum absolute atomic E-state index is 14.3. The van der Waals surface area contributed by atoms with E-state index in [1.165, 1.54) is 6.07 Å². The number of carbonyl (C=O) groups excluding carboxylic acids is 1. The first-order valence-corrected chi connectivity index (χ1v) is 7.75. The van der Waals surface area contributed by atoms with Gasteiger partial charge in [-0.1, -0.05) is 49.2 Å². The van der Waals surface area contributed by atoms with Gasteiger partial charge in [-0.3, -0.25) is 4.79 Å². The predicted octanol–water partition coefficient (Wildman–Crippen LogP) is 4.58. The number of nitrogens with one attached hydrogen (secondary N) is 1. The lowest BCUT2D eigenvalue weighted by Crippen LogP contribution is -2.38. The quantitative estimate of drug-likeness (QED) is 0.882. The molecule has 0 unspecified atom stereocenters. The van der Waals surface area contributed by atoms with Gasteiger partial charge in [-0.05, 0) is 37.5 Å². The van der Waals surface area contributed by atoms with Crippen molar-refractivity contribution in [2.75, 3.05) is 5.32 Å². The number of hydrogen-bond donors (Lipinski definition) is 1. The topological polar surface area (TPSA) is 29.1 Å². The first kappa shape index (κ1) is 14.8. The Bertz CT molecular complexity index is 689. The van der Waals surface area contributed by atoms with Crippen LogP contribution in [0.15, 0.2) is 48.5 Å². The van der Waals surface area contributed by atoms with Crippen LogP contribution < -0.4 is 5.32 Å². The molecule has 0 atom stereocenters. The van der Waals surface area contributed by atoms with Crippen LogP contribution in [0.5, 0.6) is 0 Å². The zero-order valence-electron chi connectivity index (χ0n) is 12.7. The van der Waals surface area contributed by atoms with E-state index in [1.54, 1.807) is 18.2 Å². The number of hydrogen-bond acceptors (Lipinski definition) is 1. The highest BCUT2D eigenvalue weighted by atomic mass is 19.1. The highest BCUT2D eigenvalue weighted by molar-refractivity contribution is 6.00. The molecule has 1 N–H and O–H groups in total. The van der Waals surface area contributed by atoms with E-state index in [4.69, 9.17) is 0 Å². The fourth-order valence-corrected chi connectivity index (χ4v) is 3.40. The summed E-state index contributed by atoms with van der Waals surface area (Å²) in [7, 11) is 0. The fourth-order valence-electron chi connectivity index (χ4n) is 3.40. The van der Waals surface area contributed by atoms with Gasteiger partial charge in [0, 0.05) is 11.3 Å². The highest BCUT2D eigenvalue weighted by Crippen LogP contribution is 2.43. The maximum Gasteiger partial charge on any atom is 0.235 e. The van der Waals surface area contributed by atoms with E-state index in [0.29, 0.717) is 18.4 Å². The highest BCUT2D eigenvalue weighted by Gasteiger charge is 2.44. The summed E-state index contributed by atoms with van der Waals surface area (Å²) in [6.45, 7) is 1.96. The van der Waals surface area contributed by atoms with Crippen molar-refractivity contribution in [3.8, 4) is 0 Å². The fraction of sp³-hybridized carbons (Fsp3) is 0.316. The molecule has 1 aliphatic carbocycles. The summed E-state index contributed by atoms with van der Waals surface area (Å²) in [4.78, 5) is 13.0. The Morgan fingerprint density at radius 3 is 2.36 bits per heavy atom. The second-order valence-corrected chi connectivity index (χ2v) is 6.04. The van der Waals surface area contributed by atoms with Crippen molar-refractivity contribution >= 4 is 11.6 Å². The number of carbonyl (C=O) groups is 1. The number of para-hydroxylation sites is 1. The Morgan fingerprint density at radius 1 is 1.05 bits per heavy atom. The summed E-state index contributed by atoms with van der Waals surface area (Å²) < 4.78 is 14.3. The molecule has 2 aromatic carbocycles. The van der Waals surface area contributed by atoms with E-state index < -0.39 is 5.41 Å². The average Bonchev–Trinajstić information content (AvgIpc) is 3.01. The minimum absolute atomic E-state index is 0.0931. The Balaban J connectivity index is 1.96. The van der Waals surface area contributed by atoms with Gasteiger partial charge in [-0.2, -0.15) is 0 Å². The Hall–Kier alpha value is -2.16. The van der Waals surface area contributed by atoms with E-state index in [-0.39, 0.29) is 11.7 Å². The molecule has 1 saturated carbocycles. The molecule has 114 valence electrons. The molecule has 1 amide bonds. The lowest BCUT2D eigenvalue weighted by atomic mass is 9.77. The molecular weight excluding hydrogens is 277 g/mol. The normalized spacial score (nSPS) is 16.5. The van der Waals surface area contributed by atoms with Crippen LogP contribution in [-0.4, -0.2) is 5.91 Å². The van der Waals surface area contributed by atoms with Gasteiger partial charge in [0.2, 0.25) is 5.91 Å². The van der Waals surface area contributed by atoms with Crippen LogP contribution in [0.1, 0.15) is 36.8 Å². The van der Waals surface area contributed by atoms with Gasteiger partial charge in [0.25, 0.3) is 0 Å². The van der Waals surface area contributed by atoms with Crippen molar-refractivity contribution in [2.24, 2.45) is 0 Å². The number of aryl methyl sites for hydroxylation is 1. The SMILES string of the molecule is Cc1ccccc1NC(=O)C1(c2ccccc2F)CCCC1. The van der Waals surface area contributed by atoms with E-state index in [1.807, 2.05) is 31.2 Å². The first-order valence-electron chi connectivity index (χ1n) is 7.75. The minimum Gasteiger partial charge on any atom is -0.325 e. The van der Waals surface area contributed by atoms with Gasteiger partial charge in [0.15, 0.2) is 0 Å². The standard InChI is InChI=1S/C19H20FNO/c1-14-8-2-5-11-17(14)21-18(22)19(12-6-7-13-19)15-9-3-4-10-16(15)20/h2-5,8-11H,6-7,12-13H2,1H3,(H,21,22). The van der Waals surface area contributed by atoms with Gasteiger partial charge in [-0.25, -0.2) is 4.39 Å². The smallest absolute Gasteiger partial charge is 0.235 e. The van der Waals surface area contributed by atoms with Crippen molar-refractivity contribution < 1.29 is 9.18 Å². The molecule has 0 radical (unpaired) electrons.